The van der Waals surface area contributed by atoms with Crippen LogP contribution in [0.15, 0.2) is 60.9 Å². The molecule has 0 bridgehead atoms. The van der Waals surface area contributed by atoms with E-state index in [4.69, 9.17) is 11.6 Å². The predicted octanol–water partition coefficient (Wildman–Crippen LogP) is 4.47. The van der Waals surface area contributed by atoms with Crippen LogP contribution in [0.2, 0.25) is 5.02 Å². The van der Waals surface area contributed by atoms with Gasteiger partial charge in [-0.2, -0.15) is 5.10 Å². The largest absolute Gasteiger partial charge is 0.331 e. The molecule has 4 rings (SSSR count). The smallest absolute Gasteiger partial charge is 0.254 e. The van der Waals surface area contributed by atoms with Crippen LogP contribution in [0.25, 0.3) is 5.69 Å². The number of aromatic nitrogens is 2. The van der Waals surface area contributed by atoms with Crippen molar-refractivity contribution in [1.29, 1.82) is 0 Å². The van der Waals surface area contributed by atoms with Gasteiger partial charge in [0.25, 0.3) is 5.91 Å². The zero-order valence-electron chi connectivity index (χ0n) is 14.0. The van der Waals surface area contributed by atoms with Crippen molar-refractivity contribution in [3.8, 4) is 5.69 Å². The summed E-state index contributed by atoms with van der Waals surface area (Å²) in [6.45, 7) is 0.177. The summed E-state index contributed by atoms with van der Waals surface area (Å²) in [6.07, 6.45) is 5.41. The molecule has 132 valence electrons. The number of hydrogen-bond donors (Lipinski definition) is 0. The van der Waals surface area contributed by atoms with Crippen molar-refractivity contribution < 1.29 is 9.18 Å². The van der Waals surface area contributed by atoms with Crippen molar-refractivity contribution in [2.24, 2.45) is 0 Å². The quantitative estimate of drug-likeness (QED) is 0.665. The van der Waals surface area contributed by atoms with E-state index < -0.39 is 0 Å². The summed E-state index contributed by atoms with van der Waals surface area (Å²) >= 11 is 6.14. The highest BCUT2D eigenvalue weighted by Crippen LogP contribution is 2.32. The van der Waals surface area contributed by atoms with Crippen molar-refractivity contribution in [3.63, 3.8) is 0 Å². The lowest BCUT2D eigenvalue weighted by molar-refractivity contribution is 0.0728. The maximum Gasteiger partial charge on any atom is 0.254 e. The molecule has 0 unspecified atom stereocenters. The maximum absolute atomic E-state index is 14.1. The summed E-state index contributed by atoms with van der Waals surface area (Å²) in [7, 11) is 0. The van der Waals surface area contributed by atoms with E-state index in [-0.39, 0.29) is 24.3 Å². The fraction of sp³-hybridized carbons (Fsp3) is 0.200. The molecule has 3 aromatic rings. The monoisotopic (exact) mass is 369 g/mol. The molecule has 4 nitrogen and oxygen atoms in total. The first-order valence-electron chi connectivity index (χ1n) is 8.47. The van der Waals surface area contributed by atoms with Crippen LogP contribution in [0, 0.1) is 5.82 Å². The zero-order chi connectivity index (χ0) is 18.1. The molecular weight excluding hydrogens is 353 g/mol. The number of rotatable bonds is 5. The molecule has 1 saturated carbocycles. The first kappa shape index (κ1) is 16.8. The molecule has 1 aromatic heterocycles. The minimum atomic E-state index is -0.384. The summed E-state index contributed by atoms with van der Waals surface area (Å²) in [6, 6.07) is 13.8. The van der Waals surface area contributed by atoms with E-state index in [1.807, 2.05) is 24.4 Å². The first-order chi connectivity index (χ1) is 12.6. The van der Waals surface area contributed by atoms with Crippen molar-refractivity contribution in [2.45, 2.75) is 25.4 Å². The second-order valence-electron chi connectivity index (χ2n) is 6.36. The second-order valence-corrected chi connectivity index (χ2v) is 6.77. The molecule has 0 N–H and O–H groups in total. The second kappa shape index (κ2) is 6.92. The summed E-state index contributed by atoms with van der Waals surface area (Å²) in [5, 5.41) is 4.52. The lowest BCUT2D eigenvalue weighted by Crippen LogP contribution is -2.33. The fourth-order valence-electron chi connectivity index (χ4n) is 2.95. The number of nitrogens with zero attached hydrogens (tertiary/aromatic N) is 3. The Labute approximate surface area is 155 Å². The van der Waals surface area contributed by atoms with Crippen LogP contribution in [0.4, 0.5) is 4.39 Å². The molecule has 1 fully saturated rings. The molecule has 1 aliphatic carbocycles. The molecule has 0 atom stereocenters. The van der Waals surface area contributed by atoms with Gasteiger partial charge in [-0.15, -0.1) is 0 Å². The Morgan fingerprint density at radius 3 is 2.58 bits per heavy atom. The molecule has 2 aromatic carbocycles. The van der Waals surface area contributed by atoms with Crippen molar-refractivity contribution in [2.75, 3.05) is 0 Å². The Morgan fingerprint density at radius 1 is 1.19 bits per heavy atom. The molecule has 26 heavy (non-hydrogen) atoms. The standard InChI is InChI=1S/C20H17ClFN3O/c21-18-3-1-4-19(22)17(18)13-24(15-9-10-15)20(26)14-5-7-16(8-6-14)25-12-2-11-23-25/h1-8,11-12,15H,9-10,13H2. The van der Waals surface area contributed by atoms with Crippen LogP contribution < -0.4 is 0 Å². The highest BCUT2D eigenvalue weighted by molar-refractivity contribution is 6.31. The summed E-state index contributed by atoms with van der Waals surface area (Å²) < 4.78 is 15.9. The summed E-state index contributed by atoms with van der Waals surface area (Å²) in [4.78, 5) is 14.7. The van der Waals surface area contributed by atoms with Gasteiger partial charge in [-0.1, -0.05) is 17.7 Å². The Kier molecular flexibility index (Phi) is 4.47. The Hall–Kier alpha value is -2.66. The molecule has 0 aliphatic heterocycles. The number of benzene rings is 2. The van der Waals surface area contributed by atoms with Crippen LogP contribution >= 0.6 is 11.6 Å². The molecule has 1 aliphatic rings. The topological polar surface area (TPSA) is 38.1 Å². The fourth-order valence-corrected chi connectivity index (χ4v) is 3.17. The average molecular weight is 370 g/mol. The number of amides is 1. The van der Waals surface area contributed by atoms with E-state index in [2.05, 4.69) is 5.10 Å². The molecule has 1 heterocycles. The van der Waals surface area contributed by atoms with Gasteiger partial charge in [-0.25, -0.2) is 9.07 Å². The molecular formula is C20H17ClFN3O. The first-order valence-corrected chi connectivity index (χ1v) is 8.85. The van der Waals surface area contributed by atoms with Crippen LogP contribution in [0.5, 0.6) is 0 Å². The van der Waals surface area contributed by atoms with Gasteiger partial charge >= 0.3 is 0 Å². The van der Waals surface area contributed by atoms with E-state index in [9.17, 15) is 9.18 Å². The highest BCUT2D eigenvalue weighted by Gasteiger charge is 2.34. The summed E-state index contributed by atoms with van der Waals surface area (Å²) in [5.41, 5.74) is 1.81. The van der Waals surface area contributed by atoms with Crippen LogP contribution in [0.1, 0.15) is 28.8 Å². The lowest BCUT2D eigenvalue weighted by Gasteiger charge is -2.23. The molecule has 0 radical (unpaired) electrons. The van der Waals surface area contributed by atoms with Crippen molar-refractivity contribution in [1.82, 2.24) is 14.7 Å². The third-order valence-electron chi connectivity index (χ3n) is 4.52. The van der Waals surface area contributed by atoms with E-state index in [0.29, 0.717) is 16.1 Å². The third-order valence-corrected chi connectivity index (χ3v) is 4.88. The van der Waals surface area contributed by atoms with Gasteiger partial charge in [-0.3, -0.25) is 4.79 Å². The zero-order valence-corrected chi connectivity index (χ0v) is 14.7. The van der Waals surface area contributed by atoms with Crippen LogP contribution in [0.3, 0.4) is 0 Å². The highest BCUT2D eigenvalue weighted by atomic mass is 35.5. The summed E-state index contributed by atoms with van der Waals surface area (Å²) in [5.74, 6) is -0.496. The Morgan fingerprint density at radius 2 is 1.96 bits per heavy atom. The van der Waals surface area contributed by atoms with Gasteiger partial charge in [0, 0.05) is 34.6 Å². The molecule has 1 amide bonds. The Bertz CT molecular complexity index is 900. The number of carbonyl (C=O) groups is 1. The van der Waals surface area contributed by atoms with Crippen molar-refractivity contribution >= 4 is 17.5 Å². The number of hydrogen-bond acceptors (Lipinski definition) is 2. The number of halogens is 2. The molecule has 0 saturated heterocycles. The van der Waals surface area contributed by atoms with E-state index in [1.165, 1.54) is 6.07 Å². The average Bonchev–Trinajstić information content (AvgIpc) is 3.34. The number of carbonyl (C=O) groups excluding carboxylic acids is 1. The van der Waals surface area contributed by atoms with E-state index in [0.717, 1.165) is 18.5 Å². The minimum absolute atomic E-state index is 0.112. The van der Waals surface area contributed by atoms with Gasteiger partial charge in [0.15, 0.2) is 0 Å². The molecule has 0 spiro atoms. The minimum Gasteiger partial charge on any atom is -0.331 e. The third kappa shape index (κ3) is 3.35. The van der Waals surface area contributed by atoms with Gasteiger partial charge in [0.1, 0.15) is 5.82 Å². The van der Waals surface area contributed by atoms with Crippen LogP contribution in [-0.4, -0.2) is 26.6 Å². The van der Waals surface area contributed by atoms with Crippen LogP contribution in [-0.2, 0) is 6.54 Å². The molecule has 6 heteroatoms. The normalized spacial score (nSPS) is 13.6. The maximum atomic E-state index is 14.1. The Balaban J connectivity index is 1.58. The SMILES string of the molecule is O=C(c1ccc(-n2cccn2)cc1)N(Cc1c(F)cccc1Cl)C1CC1. The lowest BCUT2D eigenvalue weighted by atomic mass is 10.1. The van der Waals surface area contributed by atoms with Gasteiger partial charge in [-0.05, 0) is 55.3 Å². The van der Waals surface area contributed by atoms with E-state index in [1.54, 1.807) is 40.0 Å². The predicted molar refractivity (Wildman–Crippen MR) is 97.9 cm³/mol. The van der Waals surface area contributed by atoms with Crippen molar-refractivity contribution in [3.05, 3.63) is 82.9 Å². The van der Waals surface area contributed by atoms with Gasteiger partial charge < -0.3 is 4.90 Å². The van der Waals surface area contributed by atoms with Gasteiger partial charge in [0.05, 0.1) is 12.2 Å². The van der Waals surface area contributed by atoms with E-state index >= 15 is 0 Å². The van der Waals surface area contributed by atoms with Gasteiger partial charge in [0.2, 0.25) is 0 Å².